The van der Waals surface area contributed by atoms with E-state index in [9.17, 15) is 0 Å². The van der Waals surface area contributed by atoms with Crippen LogP contribution in [0, 0.1) is 0 Å². The molecule has 3 nitrogen and oxygen atoms in total. The Bertz CT molecular complexity index is 230. The van der Waals surface area contributed by atoms with Gasteiger partial charge in [-0.15, -0.1) is 24.8 Å². The highest BCUT2D eigenvalue weighted by Gasteiger charge is 1.96. The number of hydrogen-bond donors (Lipinski definition) is 2. The molecule has 0 spiro atoms. The number of aromatic nitrogens is 1. The summed E-state index contributed by atoms with van der Waals surface area (Å²) in [5.41, 5.74) is 12.1. The molecule has 1 rings (SSSR count). The molecule has 0 aliphatic heterocycles. The Morgan fingerprint density at radius 1 is 1.31 bits per heavy atom. The van der Waals surface area contributed by atoms with Crippen molar-refractivity contribution in [2.45, 2.75) is 12.8 Å². The fourth-order valence-corrected chi connectivity index (χ4v) is 0.955. The van der Waals surface area contributed by atoms with E-state index in [1.807, 2.05) is 12.1 Å². The summed E-state index contributed by atoms with van der Waals surface area (Å²) >= 11 is 0. The lowest BCUT2D eigenvalue weighted by molar-refractivity contribution is 0.831. The van der Waals surface area contributed by atoms with Crippen molar-refractivity contribution in [2.75, 3.05) is 12.3 Å². The molecule has 76 valence electrons. The van der Waals surface area contributed by atoms with Gasteiger partial charge in [0.25, 0.3) is 0 Å². The van der Waals surface area contributed by atoms with Crippen LogP contribution in [0.2, 0.25) is 0 Å². The minimum absolute atomic E-state index is 0. The van der Waals surface area contributed by atoms with Crippen LogP contribution in [0.3, 0.4) is 0 Å². The first-order valence-corrected chi connectivity index (χ1v) is 3.74. The highest BCUT2D eigenvalue weighted by molar-refractivity contribution is 5.85. The zero-order valence-electron chi connectivity index (χ0n) is 7.27. The molecule has 0 amide bonds. The molecular formula is C8H15Cl2N3. The van der Waals surface area contributed by atoms with Gasteiger partial charge in [-0.25, -0.2) is 4.98 Å². The van der Waals surface area contributed by atoms with E-state index in [0.29, 0.717) is 12.4 Å². The average Bonchev–Trinajstić information content (AvgIpc) is 2.03. The van der Waals surface area contributed by atoms with Crippen LogP contribution < -0.4 is 11.5 Å². The maximum atomic E-state index is 5.61. The molecule has 4 N–H and O–H groups in total. The van der Waals surface area contributed by atoms with Crippen molar-refractivity contribution in [3.05, 3.63) is 23.9 Å². The van der Waals surface area contributed by atoms with Gasteiger partial charge in [0, 0.05) is 6.20 Å². The topological polar surface area (TPSA) is 64.9 Å². The van der Waals surface area contributed by atoms with Gasteiger partial charge in [0.2, 0.25) is 0 Å². The molecular weight excluding hydrogens is 209 g/mol. The van der Waals surface area contributed by atoms with Crippen LogP contribution in [0.1, 0.15) is 12.0 Å². The fourth-order valence-electron chi connectivity index (χ4n) is 0.955. The Balaban J connectivity index is 0. The van der Waals surface area contributed by atoms with Crippen molar-refractivity contribution in [1.29, 1.82) is 0 Å². The number of hydrogen-bond acceptors (Lipinski definition) is 3. The van der Waals surface area contributed by atoms with E-state index in [1.54, 1.807) is 6.20 Å². The Labute approximate surface area is 90.7 Å². The molecule has 0 saturated heterocycles. The van der Waals surface area contributed by atoms with E-state index in [2.05, 4.69) is 4.98 Å². The van der Waals surface area contributed by atoms with Crippen LogP contribution in [0.25, 0.3) is 0 Å². The monoisotopic (exact) mass is 223 g/mol. The molecule has 0 bridgehead atoms. The van der Waals surface area contributed by atoms with Crippen molar-refractivity contribution >= 4 is 30.6 Å². The third kappa shape index (κ3) is 4.93. The minimum atomic E-state index is 0. The Kier molecular flexibility index (Phi) is 9.34. The lowest BCUT2D eigenvalue weighted by Gasteiger charge is -2.01. The van der Waals surface area contributed by atoms with Gasteiger partial charge in [-0.1, -0.05) is 6.07 Å². The van der Waals surface area contributed by atoms with Crippen molar-refractivity contribution in [3.8, 4) is 0 Å². The number of nitrogen functional groups attached to an aromatic ring is 1. The molecule has 1 heterocycles. The predicted molar refractivity (Wildman–Crippen MR) is 60.5 cm³/mol. The summed E-state index contributed by atoms with van der Waals surface area (Å²) < 4.78 is 0. The number of rotatable bonds is 3. The van der Waals surface area contributed by atoms with E-state index in [0.717, 1.165) is 18.4 Å². The van der Waals surface area contributed by atoms with E-state index in [4.69, 9.17) is 11.5 Å². The minimum Gasteiger partial charge on any atom is -0.383 e. The van der Waals surface area contributed by atoms with Crippen LogP contribution in [-0.2, 0) is 6.42 Å². The lowest BCUT2D eigenvalue weighted by Crippen LogP contribution is -2.03. The number of aryl methyl sites for hydroxylation is 1. The Hall–Kier alpha value is -0.510. The maximum absolute atomic E-state index is 5.61. The van der Waals surface area contributed by atoms with Gasteiger partial charge in [0.05, 0.1) is 0 Å². The smallest absolute Gasteiger partial charge is 0.126 e. The highest BCUT2D eigenvalue weighted by Crippen LogP contribution is 2.08. The van der Waals surface area contributed by atoms with Crippen molar-refractivity contribution in [2.24, 2.45) is 5.73 Å². The zero-order valence-corrected chi connectivity index (χ0v) is 8.90. The summed E-state index contributed by atoms with van der Waals surface area (Å²) in [4.78, 5) is 3.97. The first kappa shape index (κ1) is 15.0. The van der Waals surface area contributed by atoms with E-state index >= 15 is 0 Å². The first-order valence-electron chi connectivity index (χ1n) is 3.74. The Morgan fingerprint density at radius 2 is 2.00 bits per heavy atom. The predicted octanol–water partition coefficient (Wildman–Crippen LogP) is 1.40. The van der Waals surface area contributed by atoms with Gasteiger partial charge in [-0.3, -0.25) is 0 Å². The van der Waals surface area contributed by atoms with E-state index < -0.39 is 0 Å². The highest BCUT2D eigenvalue weighted by atomic mass is 35.5. The lowest BCUT2D eigenvalue weighted by atomic mass is 10.1. The SMILES string of the molecule is Cl.Cl.NCCCc1cccnc1N. The zero-order chi connectivity index (χ0) is 8.10. The van der Waals surface area contributed by atoms with Crippen LogP contribution in [0.15, 0.2) is 18.3 Å². The summed E-state index contributed by atoms with van der Waals surface area (Å²) in [5.74, 6) is 0.626. The second-order valence-corrected chi connectivity index (χ2v) is 2.44. The van der Waals surface area contributed by atoms with Crippen LogP contribution in [0.5, 0.6) is 0 Å². The summed E-state index contributed by atoms with van der Waals surface area (Å²) in [6.45, 7) is 0.703. The molecule has 0 unspecified atom stereocenters. The number of nitrogens with two attached hydrogens (primary N) is 2. The molecule has 5 heteroatoms. The average molecular weight is 224 g/mol. The summed E-state index contributed by atoms with van der Waals surface area (Å²) in [5, 5.41) is 0. The quantitative estimate of drug-likeness (QED) is 0.815. The van der Waals surface area contributed by atoms with Gasteiger partial charge in [-0.2, -0.15) is 0 Å². The molecule has 0 fully saturated rings. The maximum Gasteiger partial charge on any atom is 0.126 e. The summed E-state index contributed by atoms with van der Waals surface area (Å²) in [6.07, 6.45) is 3.59. The van der Waals surface area contributed by atoms with Gasteiger partial charge < -0.3 is 11.5 Å². The molecule has 0 aliphatic rings. The van der Waals surface area contributed by atoms with Crippen molar-refractivity contribution < 1.29 is 0 Å². The molecule has 1 aromatic heterocycles. The number of pyridine rings is 1. The number of anilines is 1. The standard InChI is InChI=1S/C8H13N3.2ClH/c9-5-1-3-7-4-2-6-11-8(7)10;;/h2,4,6H,1,3,5,9H2,(H2,10,11);2*1H. The largest absolute Gasteiger partial charge is 0.383 e. The third-order valence-corrected chi connectivity index (χ3v) is 1.58. The molecule has 0 saturated carbocycles. The number of nitrogens with zero attached hydrogens (tertiary/aromatic N) is 1. The van der Waals surface area contributed by atoms with Gasteiger partial charge in [0.1, 0.15) is 5.82 Å². The molecule has 1 aromatic rings. The summed E-state index contributed by atoms with van der Waals surface area (Å²) in [7, 11) is 0. The normalized spacial score (nSPS) is 8.38. The molecule has 0 atom stereocenters. The van der Waals surface area contributed by atoms with E-state index in [-0.39, 0.29) is 24.8 Å². The van der Waals surface area contributed by atoms with Crippen LogP contribution in [0.4, 0.5) is 5.82 Å². The summed E-state index contributed by atoms with van der Waals surface area (Å²) in [6, 6.07) is 3.88. The van der Waals surface area contributed by atoms with Crippen molar-refractivity contribution in [3.63, 3.8) is 0 Å². The van der Waals surface area contributed by atoms with Gasteiger partial charge in [-0.05, 0) is 31.0 Å². The second-order valence-electron chi connectivity index (χ2n) is 2.44. The molecule has 0 radical (unpaired) electrons. The van der Waals surface area contributed by atoms with Gasteiger partial charge >= 0.3 is 0 Å². The van der Waals surface area contributed by atoms with Crippen molar-refractivity contribution in [1.82, 2.24) is 4.98 Å². The van der Waals surface area contributed by atoms with E-state index in [1.165, 1.54) is 0 Å². The second kappa shape index (κ2) is 8.10. The Morgan fingerprint density at radius 3 is 2.54 bits per heavy atom. The van der Waals surface area contributed by atoms with Crippen LogP contribution in [-0.4, -0.2) is 11.5 Å². The first-order chi connectivity index (χ1) is 5.34. The molecule has 13 heavy (non-hydrogen) atoms. The van der Waals surface area contributed by atoms with Gasteiger partial charge in [0.15, 0.2) is 0 Å². The number of halogens is 2. The molecule has 0 aromatic carbocycles. The molecule has 0 aliphatic carbocycles. The van der Waals surface area contributed by atoms with Crippen LogP contribution >= 0.6 is 24.8 Å². The third-order valence-electron chi connectivity index (χ3n) is 1.58. The fraction of sp³-hybridized carbons (Fsp3) is 0.375.